The van der Waals surface area contributed by atoms with Crippen LogP contribution in [0.3, 0.4) is 0 Å². The molecule has 1 aromatic carbocycles. The Bertz CT molecular complexity index is 1010. The van der Waals surface area contributed by atoms with Gasteiger partial charge in [-0.1, -0.05) is 12.1 Å². The number of halogens is 1. The molecule has 0 bridgehead atoms. The number of hydrogen-bond donors (Lipinski definition) is 1. The first-order valence-corrected chi connectivity index (χ1v) is 8.68. The van der Waals surface area contributed by atoms with E-state index in [1.54, 1.807) is 36.7 Å². The van der Waals surface area contributed by atoms with Crippen LogP contribution in [0, 0.1) is 19.7 Å². The van der Waals surface area contributed by atoms with Gasteiger partial charge in [-0.3, -0.25) is 9.78 Å². The van der Waals surface area contributed by atoms with Crippen molar-refractivity contribution >= 4 is 5.91 Å². The molecule has 138 valence electrons. The van der Waals surface area contributed by atoms with Crippen molar-refractivity contribution in [1.29, 1.82) is 0 Å². The Kier molecular flexibility index (Phi) is 4.45. The number of ether oxygens (including phenoxy) is 1. The molecule has 0 spiro atoms. The molecule has 1 N–H and O–H groups in total. The summed E-state index contributed by atoms with van der Waals surface area (Å²) in [6.45, 7) is 4.51. The molecule has 0 saturated carbocycles. The number of rotatable bonds is 3. The number of carbonyl (C=O) groups excluding carboxylic acids is 1. The van der Waals surface area contributed by atoms with E-state index in [2.05, 4.69) is 15.4 Å². The van der Waals surface area contributed by atoms with Crippen LogP contribution >= 0.6 is 0 Å². The van der Waals surface area contributed by atoms with Gasteiger partial charge in [-0.2, -0.15) is 5.10 Å². The molecule has 0 saturated heterocycles. The Morgan fingerprint density at radius 2 is 2.07 bits per heavy atom. The minimum absolute atomic E-state index is 0.279. The Hall–Kier alpha value is -3.06. The van der Waals surface area contributed by atoms with Crippen molar-refractivity contribution in [2.45, 2.75) is 26.5 Å². The molecule has 0 radical (unpaired) electrons. The molecule has 1 aliphatic heterocycles. The molecule has 1 unspecified atom stereocenters. The van der Waals surface area contributed by atoms with Gasteiger partial charge in [0.1, 0.15) is 17.2 Å². The van der Waals surface area contributed by atoms with Crippen LogP contribution in [0.5, 0.6) is 0 Å². The zero-order chi connectivity index (χ0) is 19.0. The first kappa shape index (κ1) is 17.4. The SMILES string of the molecule is Cc1cnc(C(=O)NC2COCc3c2cnn3-c2ccccc2F)cc1C. The second-order valence-corrected chi connectivity index (χ2v) is 6.60. The van der Waals surface area contributed by atoms with Gasteiger partial charge in [-0.15, -0.1) is 0 Å². The van der Waals surface area contributed by atoms with Crippen molar-refractivity contribution in [2.75, 3.05) is 6.61 Å². The summed E-state index contributed by atoms with van der Waals surface area (Å²) in [6.07, 6.45) is 3.34. The van der Waals surface area contributed by atoms with E-state index in [-0.39, 0.29) is 17.8 Å². The molecule has 1 aliphatic rings. The van der Waals surface area contributed by atoms with Gasteiger partial charge in [0.05, 0.1) is 31.1 Å². The maximum Gasteiger partial charge on any atom is 0.270 e. The normalized spacial score (nSPS) is 16.0. The van der Waals surface area contributed by atoms with E-state index < -0.39 is 0 Å². The monoisotopic (exact) mass is 366 g/mol. The highest BCUT2D eigenvalue weighted by Crippen LogP contribution is 2.27. The van der Waals surface area contributed by atoms with Crippen molar-refractivity contribution in [2.24, 2.45) is 0 Å². The number of hydrogen-bond acceptors (Lipinski definition) is 4. The predicted octanol–water partition coefficient (Wildman–Crippen LogP) is 3.02. The molecule has 0 fully saturated rings. The van der Waals surface area contributed by atoms with Crippen molar-refractivity contribution < 1.29 is 13.9 Å². The third kappa shape index (κ3) is 3.21. The summed E-state index contributed by atoms with van der Waals surface area (Å²) in [6, 6.07) is 7.82. The van der Waals surface area contributed by atoms with Gasteiger partial charge in [0.15, 0.2) is 0 Å². The molecule has 6 nitrogen and oxygen atoms in total. The summed E-state index contributed by atoms with van der Waals surface area (Å²) >= 11 is 0. The number of nitrogens with one attached hydrogen (secondary N) is 1. The maximum absolute atomic E-state index is 14.1. The van der Waals surface area contributed by atoms with Crippen molar-refractivity contribution in [3.63, 3.8) is 0 Å². The molecule has 7 heteroatoms. The third-order valence-electron chi connectivity index (χ3n) is 4.79. The lowest BCUT2D eigenvalue weighted by atomic mass is 10.1. The fourth-order valence-corrected chi connectivity index (χ4v) is 3.12. The van der Waals surface area contributed by atoms with Gasteiger partial charge in [0, 0.05) is 11.8 Å². The molecule has 1 amide bonds. The number of fused-ring (bicyclic) bond motifs is 1. The number of benzene rings is 1. The van der Waals surface area contributed by atoms with Gasteiger partial charge in [-0.05, 0) is 43.2 Å². The second kappa shape index (κ2) is 6.92. The lowest BCUT2D eigenvalue weighted by Gasteiger charge is -2.24. The zero-order valence-corrected chi connectivity index (χ0v) is 15.1. The fourth-order valence-electron chi connectivity index (χ4n) is 3.12. The quantitative estimate of drug-likeness (QED) is 0.774. The number of pyridine rings is 1. The molecule has 3 aromatic rings. The van der Waals surface area contributed by atoms with E-state index in [4.69, 9.17) is 4.74 Å². The summed E-state index contributed by atoms with van der Waals surface area (Å²) in [5.41, 5.74) is 4.28. The van der Waals surface area contributed by atoms with Crippen molar-refractivity contribution in [3.05, 3.63) is 76.6 Å². The average molecular weight is 366 g/mol. The molecule has 3 heterocycles. The predicted molar refractivity (Wildman–Crippen MR) is 97.1 cm³/mol. The van der Waals surface area contributed by atoms with E-state index >= 15 is 0 Å². The van der Waals surface area contributed by atoms with Crippen molar-refractivity contribution in [3.8, 4) is 5.69 Å². The minimum Gasteiger partial charge on any atom is -0.373 e. The highest BCUT2D eigenvalue weighted by Gasteiger charge is 2.28. The Labute approximate surface area is 156 Å². The number of aromatic nitrogens is 3. The van der Waals surface area contributed by atoms with Crippen LogP contribution in [0.15, 0.2) is 42.7 Å². The summed E-state index contributed by atoms with van der Waals surface area (Å²) in [7, 11) is 0. The third-order valence-corrected chi connectivity index (χ3v) is 4.79. The van der Waals surface area contributed by atoms with Crippen LogP contribution in [0.25, 0.3) is 5.69 Å². The largest absolute Gasteiger partial charge is 0.373 e. The van der Waals surface area contributed by atoms with E-state index in [0.717, 1.165) is 22.4 Å². The molecule has 2 aromatic heterocycles. The Morgan fingerprint density at radius 1 is 1.26 bits per heavy atom. The van der Waals surface area contributed by atoms with E-state index in [9.17, 15) is 9.18 Å². The van der Waals surface area contributed by atoms with E-state index in [1.165, 1.54) is 10.7 Å². The molecular formula is C20H19FN4O2. The maximum atomic E-state index is 14.1. The van der Waals surface area contributed by atoms with E-state index in [0.29, 0.717) is 24.6 Å². The standard InChI is InChI=1S/C20H19FN4O2/c1-12-7-16(22-8-13(12)2)20(26)24-17-10-27-11-19-14(17)9-23-25(19)18-6-4-3-5-15(18)21/h3-9,17H,10-11H2,1-2H3,(H,24,26). The lowest BCUT2D eigenvalue weighted by Crippen LogP contribution is -2.34. The summed E-state index contributed by atoms with van der Waals surface area (Å²) in [5, 5.41) is 7.26. The molecule has 4 rings (SSSR count). The first-order valence-electron chi connectivity index (χ1n) is 8.68. The number of aryl methyl sites for hydroxylation is 2. The van der Waals surface area contributed by atoms with Gasteiger partial charge in [0.2, 0.25) is 0 Å². The molecule has 1 atom stereocenters. The second-order valence-electron chi connectivity index (χ2n) is 6.60. The van der Waals surface area contributed by atoms with Crippen LogP contribution in [-0.4, -0.2) is 27.3 Å². The average Bonchev–Trinajstić information content (AvgIpc) is 3.09. The van der Waals surface area contributed by atoms with Crippen molar-refractivity contribution in [1.82, 2.24) is 20.1 Å². The smallest absolute Gasteiger partial charge is 0.270 e. The summed E-state index contributed by atoms with van der Waals surface area (Å²) in [5.74, 6) is -0.646. The van der Waals surface area contributed by atoms with Gasteiger partial charge in [0.25, 0.3) is 5.91 Å². The van der Waals surface area contributed by atoms with Crippen LogP contribution in [0.4, 0.5) is 4.39 Å². The lowest BCUT2D eigenvalue weighted by molar-refractivity contribution is 0.0684. The molecular weight excluding hydrogens is 347 g/mol. The Balaban J connectivity index is 1.62. The first-order chi connectivity index (χ1) is 13.0. The number of para-hydroxylation sites is 1. The highest BCUT2D eigenvalue weighted by molar-refractivity contribution is 5.92. The van der Waals surface area contributed by atoms with Gasteiger partial charge >= 0.3 is 0 Å². The van der Waals surface area contributed by atoms with Crippen LogP contribution in [0.2, 0.25) is 0 Å². The number of nitrogens with zero attached hydrogens (tertiary/aromatic N) is 3. The summed E-state index contributed by atoms with van der Waals surface area (Å²) in [4.78, 5) is 16.8. The molecule has 0 aliphatic carbocycles. The van der Waals surface area contributed by atoms with Gasteiger partial charge < -0.3 is 10.1 Å². The van der Waals surface area contributed by atoms with E-state index in [1.807, 2.05) is 13.8 Å². The van der Waals surface area contributed by atoms with Crippen LogP contribution in [-0.2, 0) is 11.3 Å². The fraction of sp³-hybridized carbons (Fsp3) is 0.250. The highest BCUT2D eigenvalue weighted by atomic mass is 19.1. The van der Waals surface area contributed by atoms with Crippen LogP contribution in [0.1, 0.15) is 38.9 Å². The van der Waals surface area contributed by atoms with Gasteiger partial charge in [-0.25, -0.2) is 9.07 Å². The number of carbonyl (C=O) groups is 1. The summed E-state index contributed by atoms with van der Waals surface area (Å²) < 4.78 is 21.3. The minimum atomic E-state index is -0.370. The number of amides is 1. The topological polar surface area (TPSA) is 69.0 Å². The van der Waals surface area contributed by atoms with Crippen LogP contribution < -0.4 is 5.32 Å². The Morgan fingerprint density at radius 3 is 2.85 bits per heavy atom. The zero-order valence-electron chi connectivity index (χ0n) is 15.1. The molecule has 27 heavy (non-hydrogen) atoms.